The SMILES string of the molecule is CCCOC[C@H]1C(=O)NC2(CCCC2)C(=O)N(C)[C@@H](C2CCCCC2)C(=O)N(C)[C@H](C(=O)N2CCCCC2)CC(=O)N(C)[C@@H](CC(C)C)C(=O)N[C@@H]([C@@H](C)CC)C(=O)N(C)CC(=O)N(C)CC(=O)N(C)[C@@H](CC2CCCCC2)C(=O)N(C)CC(=O)N[C@@H](CCC2CCC(C(F)(F)F)C(Cl)C2)C(=O)N1C. The van der Waals surface area contributed by atoms with Gasteiger partial charge in [-0.1, -0.05) is 105 Å². The molecule has 0 aromatic rings. The molecule has 0 bridgehead atoms. The van der Waals surface area contributed by atoms with Crippen LogP contribution in [0.5, 0.6) is 0 Å². The molecule has 29 heteroatoms. The standard InChI is InChI=1S/C75H124ClF3N12O13/c1-14-39-104-47-59-67(97)82-74(35-23-24-36-74)73(103)90(13)65(52-29-21-17-22-30-52)72(102)88(11)58(70(100)91-37-25-18-26-38-91)43-61(93)86(9)56(40-48(3)4)66(96)81-64(49(5)15-2)71(101)85(8)45-62(94)83(6)46-63(95)87(10)57(42-50-27-19-16-20-28-50)69(99)84(7)44-60(92)80-55(68(98)89(59)12)34-32-51-31-33-53(54(76)41-51)75(77,78)79/h48-59,64-65H,14-47H2,1-13H3,(H,80,92)(H,81,96)(H,82,97)/t49-,51?,53?,54?,55-,56-,57-,58-,59-,64-,65-/m0/s1. The highest BCUT2D eigenvalue weighted by atomic mass is 35.5. The van der Waals surface area contributed by atoms with Crippen molar-refractivity contribution in [3.8, 4) is 0 Å². The molecule has 590 valence electrons. The number of rotatable bonds is 15. The molecule has 6 aliphatic rings. The van der Waals surface area contributed by atoms with Crippen molar-refractivity contribution in [3.63, 3.8) is 0 Å². The summed E-state index contributed by atoms with van der Waals surface area (Å²) >= 11 is 6.43. The fraction of sp³-hybridized carbons (Fsp3) is 0.840. The molecule has 6 rings (SSSR count). The summed E-state index contributed by atoms with van der Waals surface area (Å²) in [6.07, 6.45) is 7.29. The Morgan fingerprint density at radius 2 is 1.17 bits per heavy atom. The van der Waals surface area contributed by atoms with Gasteiger partial charge in [0.25, 0.3) is 0 Å². The van der Waals surface area contributed by atoms with Crippen molar-refractivity contribution >= 4 is 82.5 Å². The number of hydrogen-bond acceptors (Lipinski definition) is 13. The first kappa shape index (κ1) is 86.6. The van der Waals surface area contributed by atoms with Crippen LogP contribution in [0, 0.1) is 35.5 Å². The fourth-order valence-corrected chi connectivity index (χ4v) is 16.9. The zero-order valence-corrected chi connectivity index (χ0v) is 65.2. The van der Waals surface area contributed by atoms with Gasteiger partial charge in [0.05, 0.1) is 38.6 Å². The Morgan fingerprint density at radius 3 is 1.76 bits per heavy atom. The van der Waals surface area contributed by atoms with Gasteiger partial charge < -0.3 is 64.8 Å². The number of carbonyl (C=O) groups is 12. The van der Waals surface area contributed by atoms with E-state index in [2.05, 4.69) is 16.0 Å². The van der Waals surface area contributed by atoms with E-state index >= 15 is 28.8 Å². The Labute approximate surface area is 620 Å². The minimum Gasteiger partial charge on any atom is -0.379 e. The first-order chi connectivity index (χ1) is 49.1. The van der Waals surface area contributed by atoms with Crippen LogP contribution in [0.3, 0.4) is 0 Å². The third-order valence-electron chi connectivity index (χ3n) is 23.4. The van der Waals surface area contributed by atoms with Crippen molar-refractivity contribution in [1.29, 1.82) is 0 Å². The molecule has 104 heavy (non-hydrogen) atoms. The monoisotopic (exact) mass is 1490 g/mol. The second kappa shape index (κ2) is 40.0. The van der Waals surface area contributed by atoms with E-state index in [0.29, 0.717) is 64.5 Å². The maximum atomic E-state index is 15.9. The summed E-state index contributed by atoms with van der Waals surface area (Å²) in [7, 11) is 11.4. The lowest BCUT2D eigenvalue weighted by Gasteiger charge is -2.43. The largest absolute Gasteiger partial charge is 0.393 e. The second-order valence-corrected chi connectivity index (χ2v) is 32.2. The molecule has 0 aromatic carbocycles. The van der Waals surface area contributed by atoms with E-state index in [9.17, 15) is 41.9 Å². The van der Waals surface area contributed by atoms with Crippen LogP contribution in [-0.2, 0) is 62.3 Å². The molecule has 4 aliphatic carbocycles. The van der Waals surface area contributed by atoms with Crippen LogP contribution < -0.4 is 16.0 Å². The van der Waals surface area contributed by atoms with E-state index in [0.717, 1.165) is 77.4 Å². The number of nitrogens with one attached hydrogen (secondary N) is 3. The number of hydrogen-bond donors (Lipinski definition) is 3. The Morgan fingerprint density at radius 1 is 0.587 bits per heavy atom. The third-order valence-corrected chi connectivity index (χ3v) is 23.8. The molecule has 1 spiro atoms. The van der Waals surface area contributed by atoms with Gasteiger partial charge in [0.15, 0.2) is 0 Å². The minimum atomic E-state index is -4.53. The van der Waals surface area contributed by atoms with Gasteiger partial charge in [0.1, 0.15) is 47.8 Å². The molecule has 2 saturated heterocycles. The maximum Gasteiger partial charge on any atom is 0.393 e. The quantitative estimate of drug-likeness (QED) is 0.113. The number of piperidine rings is 1. The molecule has 2 aliphatic heterocycles. The Balaban J connectivity index is 1.46. The highest BCUT2D eigenvalue weighted by molar-refractivity contribution is 6.21. The number of amides is 12. The van der Waals surface area contributed by atoms with Crippen LogP contribution >= 0.6 is 11.6 Å². The number of nitrogens with zero attached hydrogens (tertiary/aromatic N) is 9. The van der Waals surface area contributed by atoms with Crippen LogP contribution in [0.1, 0.15) is 208 Å². The summed E-state index contributed by atoms with van der Waals surface area (Å²) in [5.41, 5.74) is -1.64. The molecule has 0 radical (unpaired) electrons. The van der Waals surface area contributed by atoms with Gasteiger partial charge >= 0.3 is 6.18 Å². The molecular formula is C75H124ClF3N12O13. The van der Waals surface area contributed by atoms with Gasteiger partial charge in [-0.25, -0.2) is 0 Å². The molecule has 11 atom stereocenters. The van der Waals surface area contributed by atoms with E-state index in [1.165, 1.54) is 76.0 Å². The van der Waals surface area contributed by atoms with Gasteiger partial charge in [0.2, 0.25) is 70.9 Å². The zero-order chi connectivity index (χ0) is 77.1. The minimum absolute atomic E-state index is 0.0166. The van der Waals surface area contributed by atoms with Crippen LogP contribution in [0.25, 0.3) is 0 Å². The topological polar surface area (TPSA) is 279 Å². The first-order valence-corrected chi connectivity index (χ1v) is 39.1. The Kier molecular flexibility index (Phi) is 33.3. The lowest BCUT2D eigenvalue weighted by atomic mass is 9.78. The Hall–Kier alpha value is -6.32. The summed E-state index contributed by atoms with van der Waals surface area (Å²) in [6, 6.07) is -9.03. The van der Waals surface area contributed by atoms with E-state index in [4.69, 9.17) is 16.3 Å². The number of carbonyl (C=O) groups excluding carboxylic acids is 12. The zero-order valence-electron chi connectivity index (χ0n) is 64.5. The van der Waals surface area contributed by atoms with E-state index in [1.807, 2.05) is 27.7 Å². The summed E-state index contributed by atoms with van der Waals surface area (Å²) in [5, 5.41) is 7.54. The predicted molar refractivity (Wildman–Crippen MR) is 388 cm³/mol. The van der Waals surface area contributed by atoms with Crippen LogP contribution in [0.15, 0.2) is 0 Å². The summed E-state index contributed by atoms with van der Waals surface area (Å²) in [4.78, 5) is 192. The number of likely N-dealkylation sites (N-methyl/N-ethyl adjacent to an activating group) is 8. The van der Waals surface area contributed by atoms with Gasteiger partial charge in [-0.15, -0.1) is 11.6 Å². The van der Waals surface area contributed by atoms with E-state index in [1.54, 1.807) is 11.8 Å². The molecule has 6 fully saturated rings. The number of alkyl halides is 4. The average Bonchev–Trinajstić information content (AvgIpc) is 1.40. The Bertz CT molecular complexity index is 2940. The van der Waals surface area contributed by atoms with Crippen LogP contribution in [0.2, 0.25) is 0 Å². The second-order valence-electron chi connectivity index (χ2n) is 31.6. The van der Waals surface area contributed by atoms with Crippen molar-refractivity contribution in [3.05, 3.63) is 0 Å². The highest BCUT2D eigenvalue weighted by Crippen LogP contribution is 2.44. The lowest BCUT2D eigenvalue weighted by molar-refractivity contribution is -0.182. The smallest absolute Gasteiger partial charge is 0.379 e. The predicted octanol–water partition coefficient (Wildman–Crippen LogP) is 6.75. The third kappa shape index (κ3) is 23.1. The molecule has 3 unspecified atom stereocenters. The van der Waals surface area contributed by atoms with E-state index in [-0.39, 0.29) is 82.8 Å². The van der Waals surface area contributed by atoms with Crippen LogP contribution in [0.4, 0.5) is 13.2 Å². The fourth-order valence-electron chi connectivity index (χ4n) is 16.4. The maximum absolute atomic E-state index is 15.9. The van der Waals surface area contributed by atoms with Crippen molar-refractivity contribution < 1.29 is 75.4 Å². The summed E-state index contributed by atoms with van der Waals surface area (Å²) in [6.45, 7) is 8.05. The molecule has 3 N–H and O–H groups in total. The average molecular weight is 1490 g/mol. The lowest BCUT2D eigenvalue weighted by Crippen LogP contribution is -2.66. The van der Waals surface area contributed by atoms with Gasteiger partial charge in [0, 0.05) is 81.5 Å². The number of ether oxygens (including phenoxy) is 1. The number of likely N-dealkylation sites (tertiary alicyclic amines) is 1. The molecule has 0 aromatic heterocycles. The van der Waals surface area contributed by atoms with Crippen molar-refractivity contribution in [1.82, 2.24) is 60.0 Å². The van der Waals surface area contributed by atoms with Crippen molar-refractivity contribution in [2.24, 2.45) is 35.5 Å². The van der Waals surface area contributed by atoms with Gasteiger partial charge in [-0.3, -0.25) is 57.5 Å². The first-order valence-electron chi connectivity index (χ1n) is 38.6. The number of halogens is 4. The molecular weight excluding hydrogens is 1370 g/mol. The van der Waals surface area contributed by atoms with E-state index < -0.39 is 180 Å². The van der Waals surface area contributed by atoms with Crippen LogP contribution in [-0.4, -0.2) is 277 Å². The van der Waals surface area contributed by atoms with Crippen molar-refractivity contribution in [2.45, 2.75) is 267 Å². The molecule has 12 amide bonds. The summed E-state index contributed by atoms with van der Waals surface area (Å²) < 4.78 is 48.3. The normalized spacial score (nSPS) is 28.9. The highest BCUT2D eigenvalue weighted by Gasteiger charge is 2.52. The van der Waals surface area contributed by atoms with Gasteiger partial charge in [-0.2, -0.15) is 13.2 Å². The van der Waals surface area contributed by atoms with Crippen molar-refractivity contribution in [2.75, 3.05) is 102 Å². The molecule has 2 heterocycles. The molecule has 4 saturated carbocycles. The van der Waals surface area contributed by atoms with Gasteiger partial charge in [-0.05, 0) is 126 Å². The summed E-state index contributed by atoms with van der Waals surface area (Å²) in [5.74, 6) is -11.1. The molecule has 25 nitrogen and oxygen atoms in total.